The van der Waals surface area contributed by atoms with Gasteiger partial charge in [0.1, 0.15) is 5.01 Å². The molecule has 1 aliphatic rings. The molecule has 1 N–H and O–H groups in total. The highest BCUT2D eigenvalue weighted by molar-refractivity contribution is 7.13. The van der Waals surface area contributed by atoms with Gasteiger partial charge < -0.3 is 10.2 Å². The number of likely N-dealkylation sites (tertiary alicyclic amines) is 1. The lowest BCUT2D eigenvalue weighted by Crippen LogP contribution is -2.31. The minimum Gasteiger partial charge on any atom is -0.339 e. The van der Waals surface area contributed by atoms with Gasteiger partial charge in [0.05, 0.1) is 0 Å². The molecule has 24 heavy (non-hydrogen) atoms. The van der Waals surface area contributed by atoms with Crippen LogP contribution in [0.5, 0.6) is 0 Å². The zero-order valence-corrected chi connectivity index (χ0v) is 14.4. The van der Waals surface area contributed by atoms with Crippen LogP contribution in [0.25, 0.3) is 0 Å². The lowest BCUT2D eigenvalue weighted by molar-refractivity contribution is 0.0761. The van der Waals surface area contributed by atoms with Crippen LogP contribution >= 0.6 is 11.3 Å². The first-order chi connectivity index (χ1) is 11.6. The van der Waals surface area contributed by atoms with Gasteiger partial charge in [-0.05, 0) is 38.0 Å². The number of aryl methyl sites for hydroxylation is 1. The molecule has 1 aliphatic heterocycles. The first kappa shape index (κ1) is 16.6. The Morgan fingerprint density at radius 2 is 1.88 bits per heavy atom. The van der Waals surface area contributed by atoms with Crippen molar-refractivity contribution in [1.82, 2.24) is 15.1 Å². The zero-order valence-electron chi connectivity index (χ0n) is 13.6. The van der Waals surface area contributed by atoms with Gasteiger partial charge in [-0.15, -0.1) is 10.2 Å². The van der Waals surface area contributed by atoms with Crippen LogP contribution in [0.1, 0.15) is 50.9 Å². The van der Waals surface area contributed by atoms with Crippen molar-refractivity contribution < 1.29 is 9.59 Å². The van der Waals surface area contributed by atoms with Crippen LogP contribution in [0.15, 0.2) is 24.3 Å². The molecule has 0 saturated carbocycles. The Morgan fingerprint density at radius 1 is 1.12 bits per heavy atom. The first-order valence-electron chi connectivity index (χ1n) is 8.14. The van der Waals surface area contributed by atoms with E-state index < -0.39 is 0 Å². The molecule has 0 spiro atoms. The normalized spacial score (nSPS) is 15.0. The Bertz CT molecular complexity index is 736. The minimum atomic E-state index is -0.306. The fourth-order valence-corrected chi connectivity index (χ4v) is 3.35. The summed E-state index contributed by atoms with van der Waals surface area (Å²) in [5.74, 6) is -0.278. The molecule has 1 aromatic heterocycles. The Morgan fingerprint density at radius 3 is 2.54 bits per heavy atom. The third kappa shape index (κ3) is 3.97. The van der Waals surface area contributed by atoms with Gasteiger partial charge in [0.25, 0.3) is 11.8 Å². The van der Waals surface area contributed by atoms with E-state index in [0.29, 0.717) is 16.3 Å². The predicted molar refractivity (Wildman–Crippen MR) is 93.4 cm³/mol. The number of nitrogens with one attached hydrogen (secondary N) is 1. The van der Waals surface area contributed by atoms with Gasteiger partial charge in [-0.3, -0.25) is 9.59 Å². The lowest BCUT2D eigenvalue weighted by Gasteiger charge is -2.20. The van der Waals surface area contributed by atoms with E-state index in [1.807, 2.05) is 4.90 Å². The van der Waals surface area contributed by atoms with Crippen LogP contribution in [0, 0.1) is 6.92 Å². The fourth-order valence-electron chi connectivity index (χ4n) is 2.76. The van der Waals surface area contributed by atoms with Crippen molar-refractivity contribution in [2.45, 2.75) is 32.6 Å². The van der Waals surface area contributed by atoms with E-state index in [4.69, 9.17) is 0 Å². The van der Waals surface area contributed by atoms with E-state index in [1.165, 1.54) is 24.2 Å². The molecule has 0 aliphatic carbocycles. The number of amides is 2. The maximum absolute atomic E-state index is 12.7. The largest absolute Gasteiger partial charge is 0.339 e. The van der Waals surface area contributed by atoms with Crippen molar-refractivity contribution in [3.8, 4) is 0 Å². The molecule has 2 amide bonds. The van der Waals surface area contributed by atoms with Crippen LogP contribution in [0.3, 0.4) is 0 Å². The number of aromatic nitrogens is 2. The summed E-state index contributed by atoms with van der Waals surface area (Å²) in [6.07, 6.45) is 4.47. The molecule has 0 radical (unpaired) electrons. The SMILES string of the molecule is Cc1nnc(C(=O)Nc2cccc(C(=O)N3CCCCCC3)c2)s1. The number of hydrogen-bond donors (Lipinski definition) is 1. The average molecular weight is 344 g/mol. The topological polar surface area (TPSA) is 75.2 Å². The molecule has 6 nitrogen and oxygen atoms in total. The Kier molecular flexibility index (Phi) is 5.20. The molecule has 3 rings (SSSR count). The molecular formula is C17H20N4O2S. The average Bonchev–Trinajstić information content (AvgIpc) is 2.85. The first-order valence-corrected chi connectivity index (χ1v) is 8.96. The van der Waals surface area contributed by atoms with E-state index in [0.717, 1.165) is 30.9 Å². The van der Waals surface area contributed by atoms with Crippen molar-refractivity contribution in [2.24, 2.45) is 0 Å². The van der Waals surface area contributed by atoms with Gasteiger partial charge in [0.2, 0.25) is 5.01 Å². The quantitative estimate of drug-likeness (QED) is 0.928. The maximum Gasteiger partial charge on any atom is 0.286 e. The molecule has 1 saturated heterocycles. The van der Waals surface area contributed by atoms with Crippen molar-refractivity contribution in [3.05, 3.63) is 39.8 Å². The summed E-state index contributed by atoms with van der Waals surface area (Å²) < 4.78 is 0. The van der Waals surface area contributed by atoms with Gasteiger partial charge in [-0.25, -0.2) is 0 Å². The van der Waals surface area contributed by atoms with Crippen molar-refractivity contribution >= 4 is 28.8 Å². The van der Waals surface area contributed by atoms with Crippen LogP contribution < -0.4 is 5.32 Å². The molecule has 2 heterocycles. The minimum absolute atomic E-state index is 0.0276. The highest BCUT2D eigenvalue weighted by atomic mass is 32.1. The number of benzene rings is 1. The van der Waals surface area contributed by atoms with Gasteiger partial charge in [0, 0.05) is 24.3 Å². The lowest BCUT2D eigenvalue weighted by atomic mass is 10.1. The van der Waals surface area contributed by atoms with Crippen molar-refractivity contribution in [2.75, 3.05) is 18.4 Å². The van der Waals surface area contributed by atoms with Crippen LogP contribution in [-0.4, -0.2) is 40.0 Å². The van der Waals surface area contributed by atoms with Crippen LogP contribution in [0.2, 0.25) is 0 Å². The summed E-state index contributed by atoms with van der Waals surface area (Å²) >= 11 is 1.24. The third-order valence-corrected chi connectivity index (χ3v) is 4.82. The Labute approximate surface area is 144 Å². The smallest absolute Gasteiger partial charge is 0.286 e. The summed E-state index contributed by atoms with van der Waals surface area (Å²) in [5.41, 5.74) is 1.19. The molecule has 126 valence electrons. The molecule has 2 aromatic rings. The summed E-state index contributed by atoms with van der Waals surface area (Å²) in [5, 5.41) is 11.5. The van der Waals surface area contributed by atoms with Crippen LogP contribution in [0.4, 0.5) is 5.69 Å². The summed E-state index contributed by atoms with van der Waals surface area (Å²) in [6, 6.07) is 7.06. The Hall–Kier alpha value is -2.28. The second-order valence-corrected chi connectivity index (χ2v) is 7.05. The second kappa shape index (κ2) is 7.53. The number of carbonyl (C=O) groups is 2. The number of rotatable bonds is 3. The highest BCUT2D eigenvalue weighted by Gasteiger charge is 2.18. The molecular weight excluding hydrogens is 324 g/mol. The maximum atomic E-state index is 12.7. The molecule has 0 atom stereocenters. The number of carbonyl (C=O) groups excluding carboxylic acids is 2. The van der Waals surface area contributed by atoms with E-state index >= 15 is 0 Å². The van der Waals surface area contributed by atoms with Crippen molar-refractivity contribution in [1.29, 1.82) is 0 Å². The molecule has 0 unspecified atom stereocenters. The Balaban J connectivity index is 1.71. The van der Waals surface area contributed by atoms with Crippen molar-refractivity contribution in [3.63, 3.8) is 0 Å². The summed E-state index contributed by atoms with van der Waals surface area (Å²) in [6.45, 7) is 3.41. The van der Waals surface area contributed by atoms with E-state index in [2.05, 4.69) is 15.5 Å². The number of hydrogen-bond acceptors (Lipinski definition) is 5. The molecule has 1 aromatic carbocycles. The summed E-state index contributed by atoms with van der Waals surface area (Å²) in [7, 11) is 0. The van der Waals surface area contributed by atoms with E-state index in [9.17, 15) is 9.59 Å². The van der Waals surface area contributed by atoms with Gasteiger partial charge in [-0.1, -0.05) is 30.2 Å². The molecule has 0 bridgehead atoms. The zero-order chi connectivity index (χ0) is 16.9. The predicted octanol–water partition coefficient (Wildman–Crippen LogP) is 3.12. The second-order valence-electron chi connectivity index (χ2n) is 5.87. The van der Waals surface area contributed by atoms with E-state index in [1.54, 1.807) is 31.2 Å². The van der Waals surface area contributed by atoms with Gasteiger partial charge in [0.15, 0.2) is 0 Å². The fraction of sp³-hybridized carbons (Fsp3) is 0.412. The molecule has 1 fully saturated rings. The monoisotopic (exact) mass is 344 g/mol. The number of nitrogens with zero attached hydrogens (tertiary/aromatic N) is 3. The summed E-state index contributed by atoms with van der Waals surface area (Å²) in [4.78, 5) is 26.7. The number of anilines is 1. The van der Waals surface area contributed by atoms with Crippen LogP contribution in [-0.2, 0) is 0 Å². The standard InChI is InChI=1S/C17H20N4O2S/c1-12-19-20-16(24-12)15(22)18-14-8-6-7-13(11-14)17(23)21-9-4-2-3-5-10-21/h6-8,11H,2-5,9-10H2,1H3,(H,18,22). The van der Waals surface area contributed by atoms with Gasteiger partial charge in [-0.2, -0.15) is 0 Å². The third-order valence-electron chi connectivity index (χ3n) is 3.98. The highest BCUT2D eigenvalue weighted by Crippen LogP contribution is 2.17. The van der Waals surface area contributed by atoms with E-state index in [-0.39, 0.29) is 11.8 Å². The van der Waals surface area contributed by atoms with Gasteiger partial charge >= 0.3 is 0 Å². The molecule has 7 heteroatoms.